The van der Waals surface area contributed by atoms with E-state index in [9.17, 15) is 4.79 Å². The van der Waals surface area contributed by atoms with Crippen LogP contribution in [0.25, 0.3) is 11.3 Å². The lowest BCUT2D eigenvalue weighted by molar-refractivity contribution is -0.118. The molecule has 0 atom stereocenters. The summed E-state index contributed by atoms with van der Waals surface area (Å²) in [5, 5.41) is 9.40. The maximum Gasteiger partial charge on any atom is 0.262 e. The maximum absolute atomic E-state index is 11.6. The number of thiazole rings is 1. The number of fused-ring (bicyclic) bond motifs is 1. The fourth-order valence-corrected chi connectivity index (χ4v) is 3.52. The summed E-state index contributed by atoms with van der Waals surface area (Å²) < 4.78 is 7.20. The zero-order valence-corrected chi connectivity index (χ0v) is 15.7. The lowest BCUT2D eigenvalue weighted by Crippen LogP contribution is -2.25. The molecule has 140 valence electrons. The molecule has 0 saturated carbocycles. The van der Waals surface area contributed by atoms with E-state index in [2.05, 4.69) is 27.0 Å². The Morgan fingerprint density at radius 1 is 1.36 bits per heavy atom. The van der Waals surface area contributed by atoms with Crippen molar-refractivity contribution in [2.75, 3.05) is 18.5 Å². The number of hydrogen-bond donors (Lipinski definition) is 1. The van der Waals surface area contributed by atoms with Crippen LogP contribution in [0.5, 0.6) is 5.75 Å². The molecular formula is C20H17N5O2S. The van der Waals surface area contributed by atoms with Gasteiger partial charge in [0.05, 0.1) is 29.8 Å². The van der Waals surface area contributed by atoms with Crippen LogP contribution in [0.3, 0.4) is 0 Å². The van der Waals surface area contributed by atoms with Crippen LogP contribution in [-0.4, -0.2) is 34.9 Å². The number of rotatable bonds is 5. The number of amides is 1. The first-order valence-electron chi connectivity index (χ1n) is 8.59. The summed E-state index contributed by atoms with van der Waals surface area (Å²) in [6.07, 6.45) is 5.14. The Hall–Kier alpha value is -3.52. The van der Waals surface area contributed by atoms with E-state index >= 15 is 0 Å². The van der Waals surface area contributed by atoms with Gasteiger partial charge in [0.25, 0.3) is 5.91 Å². The van der Waals surface area contributed by atoms with Gasteiger partial charge in [-0.3, -0.25) is 14.8 Å². The number of anilines is 1. The van der Waals surface area contributed by atoms with Gasteiger partial charge in [-0.05, 0) is 30.3 Å². The number of hydrogen-bond acceptors (Lipinski definition) is 6. The SMILES string of the molecule is C=CCN=c1scc(-c2ccc3c(c2)NC(=O)CO3)n1N=Cc1ccccn1. The zero-order valence-electron chi connectivity index (χ0n) is 14.9. The summed E-state index contributed by atoms with van der Waals surface area (Å²) in [6.45, 7) is 4.24. The van der Waals surface area contributed by atoms with Gasteiger partial charge < -0.3 is 10.1 Å². The smallest absolute Gasteiger partial charge is 0.262 e. The van der Waals surface area contributed by atoms with Gasteiger partial charge in [-0.1, -0.05) is 12.1 Å². The first-order valence-corrected chi connectivity index (χ1v) is 9.47. The second kappa shape index (κ2) is 8.01. The number of carbonyl (C=O) groups excluding carboxylic acids is 1. The monoisotopic (exact) mass is 391 g/mol. The first kappa shape index (κ1) is 17.9. The molecule has 0 saturated heterocycles. The van der Waals surface area contributed by atoms with Crippen LogP contribution in [0.2, 0.25) is 0 Å². The quantitative estimate of drug-likeness (QED) is 0.536. The molecule has 0 aliphatic carbocycles. The summed E-state index contributed by atoms with van der Waals surface area (Å²) in [5.41, 5.74) is 3.12. The van der Waals surface area contributed by atoms with E-state index in [4.69, 9.17) is 4.74 Å². The number of pyridine rings is 1. The van der Waals surface area contributed by atoms with Crippen molar-refractivity contribution in [1.82, 2.24) is 9.66 Å². The van der Waals surface area contributed by atoms with Crippen molar-refractivity contribution in [3.05, 3.63) is 71.1 Å². The molecular weight excluding hydrogens is 374 g/mol. The van der Waals surface area contributed by atoms with Crippen molar-refractivity contribution < 1.29 is 9.53 Å². The standard InChI is InChI=1S/C20H17N5O2S/c1-2-8-22-20-25(23-11-15-5-3-4-9-21-15)17(13-28-20)14-6-7-18-16(10-14)24-19(26)12-27-18/h2-7,9-11,13H,1,8,12H2,(H,24,26). The average Bonchev–Trinajstić information content (AvgIpc) is 3.13. The second-order valence-corrected chi connectivity index (χ2v) is 6.73. The Morgan fingerprint density at radius 2 is 2.29 bits per heavy atom. The highest BCUT2D eigenvalue weighted by atomic mass is 32.1. The predicted molar refractivity (Wildman–Crippen MR) is 110 cm³/mol. The fourth-order valence-electron chi connectivity index (χ4n) is 2.67. The van der Waals surface area contributed by atoms with Crippen molar-refractivity contribution >= 4 is 29.1 Å². The van der Waals surface area contributed by atoms with E-state index < -0.39 is 0 Å². The summed E-state index contributed by atoms with van der Waals surface area (Å²) in [5.74, 6) is 0.483. The molecule has 0 spiro atoms. The van der Waals surface area contributed by atoms with Crippen LogP contribution in [0.15, 0.2) is 70.7 Å². The molecule has 8 heteroatoms. The van der Waals surface area contributed by atoms with E-state index in [1.165, 1.54) is 11.3 Å². The van der Waals surface area contributed by atoms with Gasteiger partial charge in [0.2, 0.25) is 4.80 Å². The predicted octanol–water partition coefficient (Wildman–Crippen LogP) is 2.91. The van der Waals surface area contributed by atoms with E-state index in [0.29, 0.717) is 18.0 Å². The molecule has 1 aliphatic rings. The van der Waals surface area contributed by atoms with Crippen molar-refractivity contribution in [3.63, 3.8) is 0 Å². The van der Waals surface area contributed by atoms with E-state index in [0.717, 1.165) is 21.8 Å². The van der Waals surface area contributed by atoms with Crippen LogP contribution in [-0.2, 0) is 4.79 Å². The Morgan fingerprint density at radius 3 is 3.11 bits per heavy atom. The first-order chi connectivity index (χ1) is 13.7. The van der Waals surface area contributed by atoms with Crippen LogP contribution in [0.1, 0.15) is 5.69 Å². The van der Waals surface area contributed by atoms with Gasteiger partial charge in [-0.2, -0.15) is 5.10 Å². The molecule has 1 N–H and O–H groups in total. The molecule has 0 unspecified atom stereocenters. The molecule has 28 heavy (non-hydrogen) atoms. The fraction of sp³-hybridized carbons (Fsp3) is 0.100. The van der Waals surface area contributed by atoms with Crippen molar-refractivity contribution in [3.8, 4) is 17.0 Å². The third-order valence-corrected chi connectivity index (χ3v) is 4.80. The second-order valence-electron chi connectivity index (χ2n) is 5.89. The number of nitrogens with zero attached hydrogens (tertiary/aromatic N) is 4. The minimum Gasteiger partial charge on any atom is -0.482 e. The van der Waals surface area contributed by atoms with Gasteiger partial charge in [0.1, 0.15) is 5.75 Å². The minimum absolute atomic E-state index is 0.0315. The topological polar surface area (TPSA) is 80.9 Å². The number of carbonyl (C=O) groups is 1. The molecule has 1 aromatic carbocycles. The molecule has 1 aliphatic heterocycles. The van der Waals surface area contributed by atoms with Crippen LogP contribution in [0, 0.1) is 0 Å². The molecule has 0 bridgehead atoms. The molecule has 4 rings (SSSR count). The van der Waals surface area contributed by atoms with Crippen LogP contribution >= 0.6 is 11.3 Å². The summed E-state index contributed by atoms with van der Waals surface area (Å²) in [4.78, 5) is 21.2. The van der Waals surface area contributed by atoms with E-state index in [1.807, 2.05) is 41.8 Å². The summed E-state index contributed by atoms with van der Waals surface area (Å²) >= 11 is 1.48. The average molecular weight is 391 g/mol. The highest BCUT2D eigenvalue weighted by molar-refractivity contribution is 7.07. The van der Waals surface area contributed by atoms with E-state index in [1.54, 1.807) is 23.2 Å². The normalized spacial score (nSPS) is 13.9. The Balaban J connectivity index is 1.78. The van der Waals surface area contributed by atoms with Gasteiger partial charge in [-0.15, -0.1) is 17.9 Å². The van der Waals surface area contributed by atoms with Crippen molar-refractivity contribution in [1.29, 1.82) is 0 Å². The Kier molecular flexibility index (Phi) is 5.11. The van der Waals surface area contributed by atoms with Gasteiger partial charge in [0.15, 0.2) is 6.61 Å². The molecule has 3 aromatic rings. The van der Waals surface area contributed by atoms with Crippen molar-refractivity contribution in [2.24, 2.45) is 10.1 Å². The van der Waals surface area contributed by atoms with Crippen molar-refractivity contribution in [2.45, 2.75) is 0 Å². The minimum atomic E-state index is -0.169. The lowest BCUT2D eigenvalue weighted by Gasteiger charge is -2.18. The highest BCUT2D eigenvalue weighted by Crippen LogP contribution is 2.32. The summed E-state index contributed by atoms with van der Waals surface area (Å²) in [7, 11) is 0. The summed E-state index contributed by atoms with van der Waals surface area (Å²) in [6, 6.07) is 11.3. The molecule has 0 fully saturated rings. The maximum atomic E-state index is 11.6. The zero-order chi connectivity index (χ0) is 19.3. The molecule has 1 amide bonds. The highest BCUT2D eigenvalue weighted by Gasteiger charge is 2.17. The number of ether oxygens (including phenoxy) is 1. The number of benzene rings is 1. The van der Waals surface area contributed by atoms with E-state index in [-0.39, 0.29) is 12.5 Å². The Bertz CT molecular complexity index is 1120. The van der Waals surface area contributed by atoms with Crippen LogP contribution in [0.4, 0.5) is 5.69 Å². The third kappa shape index (κ3) is 3.77. The Labute approximate surface area is 165 Å². The number of aromatic nitrogens is 2. The molecule has 2 aromatic heterocycles. The van der Waals surface area contributed by atoms with Gasteiger partial charge in [0, 0.05) is 17.1 Å². The lowest BCUT2D eigenvalue weighted by atomic mass is 10.1. The molecule has 3 heterocycles. The third-order valence-electron chi connectivity index (χ3n) is 3.94. The largest absolute Gasteiger partial charge is 0.482 e. The van der Waals surface area contributed by atoms with Gasteiger partial charge >= 0.3 is 0 Å². The molecule has 7 nitrogen and oxygen atoms in total. The number of nitrogens with one attached hydrogen (secondary N) is 1. The molecule has 0 radical (unpaired) electrons. The van der Waals surface area contributed by atoms with Gasteiger partial charge in [-0.25, -0.2) is 4.68 Å². The van der Waals surface area contributed by atoms with Crippen LogP contribution < -0.4 is 14.9 Å².